The topological polar surface area (TPSA) is 42.4 Å². The Morgan fingerprint density at radius 2 is 2.35 bits per heavy atom. The summed E-state index contributed by atoms with van der Waals surface area (Å²) in [6.07, 6.45) is 4.60. The minimum absolute atomic E-state index is 0.0940. The number of nitrogens with zero attached hydrogens (tertiary/aromatic N) is 2. The third-order valence-corrected chi connectivity index (χ3v) is 3.38. The molecule has 92 valence electrons. The molecule has 1 unspecified atom stereocenters. The molecule has 2 rings (SSSR count). The normalized spacial score (nSPS) is 24.7. The molecule has 1 aromatic rings. The van der Waals surface area contributed by atoms with Crippen LogP contribution in [0.5, 0.6) is 0 Å². The SMILES string of the molecule is COC1(C)CCCN(c2ccc(C=O)cn2)C1. The predicted molar refractivity (Wildman–Crippen MR) is 66.5 cm³/mol. The zero-order valence-corrected chi connectivity index (χ0v) is 10.3. The maximum atomic E-state index is 10.6. The molecule has 1 aliphatic heterocycles. The van der Waals surface area contributed by atoms with Crippen LogP contribution in [0, 0.1) is 0 Å². The highest BCUT2D eigenvalue weighted by atomic mass is 16.5. The van der Waals surface area contributed by atoms with E-state index in [9.17, 15) is 4.79 Å². The number of piperidine rings is 1. The fourth-order valence-electron chi connectivity index (χ4n) is 2.22. The fraction of sp³-hybridized carbons (Fsp3) is 0.538. The van der Waals surface area contributed by atoms with E-state index < -0.39 is 0 Å². The van der Waals surface area contributed by atoms with E-state index in [1.807, 2.05) is 6.07 Å². The number of anilines is 1. The Morgan fingerprint density at radius 3 is 2.94 bits per heavy atom. The van der Waals surface area contributed by atoms with Crippen LogP contribution in [0.25, 0.3) is 0 Å². The first kappa shape index (κ1) is 12.0. The van der Waals surface area contributed by atoms with E-state index in [1.54, 1.807) is 19.4 Å². The molecule has 1 aliphatic rings. The largest absolute Gasteiger partial charge is 0.377 e. The Kier molecular flexibility index (Phi) is 3.43. The maximum Gasteiger partial charge on any atom is 0.151 e. The lowest BCUT2D eigenvalue weighted by Crippen LogP contribution is -2.47. The zero-order valence-electron chi connectivity index (χ0n) is 10.3. The second-order valence-corrected chi connectivity index (χ2v) is 4.75. The summed E-state index contributed by atoms with van der Waals surface area (Å²) in [6.45, 7) is 3.96. The number of carbonyl (C=O) groups excluding carboxylic acids is 1. The van der Waals surface area contributed by atoms with Crippen LogP contribution < -0.4 is 4.90 Å². The molecular formula is C13H18N2O2. The molecule has 0 N–H and O–H groups in total. The summed E-state index contributed by atoms with van der Waals surface area (Å²) in [6, 6.07) is 3.69. The third-order valence-electron chi connectivity index (χ3n) is 3.38. The van der Waals surface area contributed by atoms with Crippen molar-refractivity contribution < 1.29 is 9.53 Å². The quantitative estimate of drug-likeness (QED) is 0.749. The molecule has 0 aromatic carbocycles. The molecule has 4 nitrogen and oxygen atoms in total. The van der Waals surface area contributed by atoms with Crippen LogP contribution in [0.3, 0.4) is 0 Å². The molecule has 1 aromatic heterocycles. The molecule has 17 heavy (non-hydrogen) atoms. The van der Waals surface area contributed by atoms with Gasteiger partial charge in [0, 0.05) is 32.0 Å². The Labute approximate surface area is 102 Å². The summed E-state index contributed by atoms with van der Waals surface area (Å²) in [5.41, 5.74) is 0.517. The fourth-order valence-corrected chi connectivity index (χ4v) is 2.22. The summed E-state index contributed by atoms with van der Waals surface area (Å²) >= 11 is 0. The Morgan fingerprint density at radius 1 is 1.53 bits per heavy atom. The second kappa shape index (κ2) is 4.84. The summed E-state index contributed by atoms with van der Waals surface area (Å²) in [5, 5.41) is 0. The third kappa shape index (κ3) is 2.64. The van der Waals surface area contributed by atoms with Gasteiger partial charge in [0.15, 0.2) is 6.29 Å². The Balaban J connectivity index is 2.13. The van der Waals surface area contributed by atoms with Gasteiger partial charge in [-0.2, -0.15) is 0 Å². The first-order chi connectivity index (χ1) is 8.17. The number of rotatable bonds is 3. The minimum Gasteiger partial charge on any atom is -0.377 e. The lowest BCUT2D eigenvalue weighted by atomic mass is 9.95. The second-order valence-electron chi connectivity index (χ2n) is 4.75. The van der Waals surface area contributed by atoms with E-state index in [2.05, 4.69) is 16.8 Å². The van der Waals surface area contributed by atoms with Crippen LogP contribution in [-0.2, 0) is 4.74 Å². The Bertz CT molecular complexity index is 391. The van der Waals surface area contributed by atoms with Crippen LogP contribution in [0.1, 0.15) is 30.1 Å². The van der Waals surface area contributed by atoms with Gasteiger partial charge in [-0.1, -0.05) is 0 Å². The molecule has 0 amide bonds. The van der Waals surface area contributed by atoms with Crippen molar-refractivity contribution in [2.45, 2.75) is 25.4 Å². The molecule has 0 saturated carbocycles. The molecule has 0 bridgehead atoms. The Hall–Kier alpha value is -1.42. The number of hydrogen-bond acceptors (Lipinski definition) is 4. The summed E-state index contributed by atoms with van der Waals surface area (Å²) in [7, 11) is 1.76. The van der Waals surface area contributed by atoms with Gasteiger partial charge >= 0.3 is 0 Å². The van der Waals surface area contributed by atoms with Gasteiger partial charge in [0.25, 0.3) is 0 Å². The van der Waals surface area contributed by atoms with Gasteiger partial charge in [-0.25, -0.2) is 4.98 Å². The molecule has 1 saturated heterocycles. The molecule has 1 atom stereocenters. The lowest BCUT2D eigenvalue weighted by molar-refractivity contribution is -0.00481. The highest BCUT2D eigenvalue weighted by molar-refractivity contribution is 5.74. The van der Waals surface area contributed by atoms with Crippen LogP contribution in [-0.4, -0.2) is 37.1 Å². The zero-order chi connectivity index (χ0) is 12.3. The molecule has 0 radical (unpaired) electrons. The van der Waals surface area contributed by atoms with E-state index in [-0.39, 0.29) is 5.60 Å². The highest BCUT2D eigenvalue weighted by Crippen LogP contribution is 2.26. The lowest BCUT2D eigenvalue weighted by Gasteiger charge is -2.40. The van der Waals surface area contributed by atoms with E-state index in [0.717, 1.165) is 38.0 Å². The maximum absolute atomic E-state index is 10.6. The van der Waals surface area contributed by atoms with Crippen molar-refractivity contribution in [1.82, 2.24) is 4.98 Å². The van der Waals surface area contributed by atoms with Crippen molar-refractivity contribution >= 4 is 12.1 Å². The first-order valence-electron chi connectivity index (χ1n) is 5.88. The average Bonchev–Trinajstić information content (AvgIpc) is 2.39. The number of carbonyl (C=O) groups is 1. The number of aldehydes is 1. The number of methoxy groups -OCH3 is 1. The van der Waals surface area contributed by atoms with Gasteiger partial charge in [0.1, 0.15) is 5.82 Å². The highest BCUT2D eigenvalue weighted by Gasteiger charge is 2.31. The molecule has 1 fully saturated rings. The molecule has 2 heterocycles. The van der Waals surface area contributed by atoms with Crippen molar-refractivity contribution in [3.8, 4) is 0 Å². The molecule has 0 spiro atoms. The summed E-state index contributed by atoms with van der Waals surface area (Å²) in [4.78, 5) is 17.1. The van der Waals surface area contributed by atoms with Gasteiger partial charge in [0.05, 0.1) is 5.60 Å². The van der Waals surface area contributed by atoms with Crippen LogP contribution in [0.4, 0.5) is 5.82 Å². The standard InChI is InChI=1S/C13H18N2O2/c1-13(17-2)6-3-7-15(10-13)12-5-4-11(9-16)8-14-12/h4-5,8-9H,3,6-7,10H2,1-2H3. The molecule has 0 aliphatic carbocycles. The van der Waals surface area contributed by atoms with Crippen molar-refractivity contribution in [2.75, 3.05) is 25.1 Å². The van der Waals surface area contributed by atoms with E-state index in [1.165, 1.54) is 0 Å². The van der Waals surface area contributed by atoms with Gasteiger partial charge < -0.3 is 9.64 Å². The summed E-state index contributed by atoms with van der Waals surface area (Å²) < 4.78 is 5.55. The van der Waals surface area contributed by atoms with Crippen LogP contribution in [0.15, 0.2) is 18.3 Å². The number of pyridine rings is 1. The monoisotopic (exact) mass is 234 g/mol. The molecule has 4 heteroatoms. The van der Waals surface area contributed by atoms with Crippen molar-refractivity contribution in [2.24, 2.45) is 0 Å². The van der Waals surface area contributed by atoms with Crippen molar-refractivity contribution in [3.05, 3.63) is 23.9 Å². The van der Waals surface area contributed by atoms with E-state index in [0.29, 0.717) is 5.56 Å². The first-order valence-corrected chi connectivity index (χ1v) is 5.88. The minimum atomic E-state index is -0.0940. The summed E-state index contributed by atoms with van der Waals surface area (Å²) in [5.74, 6) is 0.915. The van der Waals surface area contributed by atoms with E-state index >= 15 is 0 Å². The van der Waals surface area contributed by atoms with Crippen LogP contribution >= 0.6 is 0 Å². The van der Waals surface area contributed by atoms with Crippen molar-refractivity contribution in [3.63, 3.8) is 0 Å². The molecular weight excluding hydrogens is 216 g/mol. The van der Waals surface area contributed by atoms with Gasteiger partial charge in [0.2, 0.25) is 0 Å². The van der Waals surface area contributed by atoms with E-state index in [4.69, 9.17) is 4.74 Å². The number of ether oxygens (including phenoxy) is 1. The average molecular weight is 234 g/mol. The van der Waals surface area contributed by atoms with Crippen molar-refractivity contribution in [1.29, 1.82) is 0 Å². The number of hydrogen-bond donors (Lipinski definition) is 0. The van der Waals surface area contributed by atoms with Gasteiger partial charge in [-0.15, -0.1) is 0 Å². The van der Waals surface area contributed by atoms with Crippen LogP contribution in [0.2, 0.25) is 0 Å². The number of aromatic nitrogens is 1. The smallest absolute Gasteiger partial charge is 0.151 e. The predicted octanol–water partition coefficient (Wildman–Crippen LogP) is 1.90. The van der Waals surface area contributed by atoms with Gasteiger partial charge in [-0.05, 0) is 31.9 Å². The van der Waals surface area contributed by atoms with Gasteiger partial charge in [-0.3, -0.25) is 4.79 Å².